The maximum absolute atomic E-state index is 12.1. The molecule has 1 aromatic rings. The van der Waals surface area contributed by atoms with Crippen LogP contribution in [0, 0.1) is 6.92 Å². The molecule has 0 atom stereocenters. The molecule has 0 aliphatic heterocycles. The third-order valence-corrected chi connectivity index (χ3v) is 4.92. The summed E-state index contributed by atoms with van der Waals surface area (Å²) in [6.45, 7) is 4.60. The van der Waals surface area contributed by atoms with E-state index in [1.54, 1.807) is 7.11 Å². The summed E-state index contributed by atoms with van der Waals surface area (Å²) in [5, 5.41) is 6.25. The van der Waals surface area contributed by atoms with Crippen LogP contribution in [0.4, 0.5) is 0 Å². The van der Waals surface area contributed by atoms with Crippen molar-refractivity contribution in [2.75, 3.05) is 33.4 Å². The Labute approximate surface area is 152 Å². The van der Waals surface area contributed by atoms with E-state index in [4.69, 9.17) is 4.74 Å². The van der Waals surface area contributed by atoms with Crippen LogP contribution in [-0.2, 0) is 14.9 Å². The van der Waals surface area contributed by atoms with Gasteiger partial charge in [0.05, 0.1) is 13.2 Å². The van der Waals surface area contributed by atoms with Crippen molar-refractivity contribution in [1.29, 1.82) is 0 Å². The van der Waals surface area contributed by atoms with Crippen molar-refractivity contribution in [3.63, 3.8) is 0 Å². The molecule has 1 amide bonds. The maximum Gasteiger partial charge on any atom is 0.233 e. The second-order valence-corrected chi connectivity index (χ2v) is 6.60. The lowest BCUT2D eigenvalue weighted by Gasteiger charge is -2.39. The number of hydrogen-bond donors (Lipinski definition) is 2. The average Bonchev–Trinajstić information content (AvgIpc) is 2.58. The molecule has 0 spiro atoms. The minimum Gasteiger partial charge on any atom is -0.383 e. The van der Waals surface area contributed by atoms with E-state index < -0.39 is 0 Å². The molecule has 2 N–H and O–H groups in total. The van der Waals surface area contributed by atoms with Gasteiger partial charge in [-0.3, -0.25) is 4.79 Å². The van der Waals surface area contributed by atoms with E-state index in [1.165, 1.54) is 30.4 Å². The first kappa shape index (κ1) is 20.9. The van der Waals surface area contributed by atoms with Crippen LogP contribution in [0.5, 0.6) is 0 Å². The van der Waals surface area contributed by atoms with Crippen LogP contribution >= 0.6 is 12.4 Å². The molecule has 0 saturated heterocycles. The molecule has 0 bridgehead atoms. The number of ether oxygens (including phenoxy) is 1. The second kappa shape index (κ2) is 10.7. The van der Waals surface area contributed by atoms with Gasteiger partial charge in [-0.1, -0.05) is 43.5 Å². The SMILES string of the molecule is COCCNCC(=O)NCC1(c2ccccc2C)CCCCC1.Cl. The lowest BCUT2D eigenvalue weighted by atomic mass is 9.68. The fourth-order valence-electron chi connectivity index (χ4n) is 3.64. The van der Waals surface area contributed by atoms with E-state index in [0.717, 1.165) is 19.4 Å². The molecular weight excluding hydrogens is 324 g/mol. The zero-order valence-corrected chi connectivity index (χ0v) is 15.7. The first-order valence-corrected chi connectivity index (χ1v) is 8.70. The van der Waals surface area contributed by atoms with Crippen molar-refractivity contribution in [2.24, 2.45) is 0 Å². The quantitative estimate of drug-likeness (QED) is 0.706. The number of nitrogens with one attached hydrogen (secondary N) is 2. The lowest BCUT2D eigenvalue weighted by Crippen LogP contribution is -2.45. The van der Waals surface area contributed by atoms with Crippen molar-refractivity contribution >= 4 is 18.3 Å². The molecule has 4 nitrogen and oxygen atoms in total. The fourth-order valence-corrected chi connectivity index (χ4v) is 3.64. The molecule has 0 radical (unpaired) electrons. The summed E-state index contributed by atoms with van der Waals surface area (Å²) in [6, 6.07) is 8.63. The number of halogens is 1. The van der Waals surface area contributed by atoms with Gasteiger partial charge in [0.15, 0.2) is 0 Å². The van der Waals surface area contributed by atoms with Crippen molar-refractivity contribution in [1.82, 2.24) is 10.6 Å². The van der Waals surface area contributed by atoms with Crippen LogP contribution in [0.25, 0.3) is 0 Å². The third kappa shape index (κ3) is 5.76. The molecule has 1 fully saturated rings. The zero-order valence-electron chi connectivity index (χ0n) is 14.9. The number of aryl methyl sites for hydroxylation is 1. The number of benzene rings is 1. The van der Waals surface area contributed by atoms with Gasteiger partial charge in [0.1, 0.15) is 0 Å². The molecule has 0 unspecified atom stereocenters. The van der Waals surface area contributed by atoms with Gasteiger partial charge >= 0.3 is 0 Å². The summed E-state index contributed by atoms with van der Waals surface area (Å²) in [5.74, 6) is 0.0691. The summed E-state index contributed by atoms with van der Waals surface area (Å²) in [5.41, 5.74) is 2.85. The van der Waals surface area contributed by atoms with E-state index in [9.17, 15) is 4.79 Å². The Morgan fingerprint density at radius 2 is 1.92 bits per heavy atom. The van der Waals surface area contributed by atoms with Crippen LogP contribution in [0.15, 0.2) is 24.3 Å². The highest BCUT2D eigenvalue weighted by Gasteiger charge is 2.35. The van der Waals surface area contributed by atoms with Gasteiger partial charge in [0, 0.05) is 25.6 Å². The molecule has 1 saturated carbocycles. The van der Waals surface area contributed by atoms with Crippen LogP contribution < -0.4 is 10.6 Å². The van der Waals surface area contributed by atoms with Gasteiger partial charge in [0.25, 0.3) is 0 Å². The number of hydrogen-bond acceptors (Lipinski definition) is 3. The van der Waals surface area contributed by atoms with E-state index >= 15 is 0 Å². The van der Waals surface area contributed by atoms with Crippen molar-refractivity contribution in [2.45, 2.75) is 44.4 Å². The van der Waals surface area contributed by atoms with Crippen molar-refractivity contribution < 1.29 is 9.53 Å². The van der Waals surface area contributed by atoms with E-state index in [0.29, 0.717) is 19.7 Å². The van der Waals surface area contributed by atoms with Gasteiger partial charge < -0.3 is 15.4 Å². The van der Waals surface area contributed by atoms with Gasteiger partial charge in [-0.05, 0) is 30.9 Å². The Kier molecular flexibility index (Phi) is 9.34. The van der Waals surface area contributed by atoms with E-state index in [1.807, 2.05) is 0 Å². The topological polar surface area (TPSA) is 50.4 Å². The van der Waals surface area contributed by atoms with Gasteiger partial charge in [-0.2, -0.15) is 0 Å². The third-order valence-electron chi connectivity index (χ3n) is 4.92. The molecule has 136 valence electrons. The van der Waals surface area contributed by atoms with Gasteiger partial charge in [-0.25, -0.2) is 0 Å². The Balaban J connectivity index is 0.00000288. The number of methoxy groups -OCH3 is 1. The second-order valence-electron chi connectivity index (χ2n) is 6.60. The molecule has 1 aromatic carbocycles. The molecule has 24 heavy (non-hydrogen) atoms. The van der Waals surface area contributed by atoms with Gasteiger partial charge in [-0.15, -0.1) is 12.4 Å². The van der Waals surface area contributed by atoms with E-state index in [-0.39, 0.29) is 23.7 Å². The zero-order chi connectivity index (χ0) is 16.5. The highest BCUT2D eigenvalue weighted by atomic mass is 35.5. The average molecular weight is 355 g/mol. The Hall–Kier alpha value is -1.10. The number of carbonyl (C=O) groups excluding carboxylic acids is 1. The minimum atomic E-state index is 0. The first-order chi connectivity index (χ1) is 11.2. The molecule has 0 heterocycles. The lowest BCUT2D eigenvalue weighted by molar-refractivity contribution is -0.120. The smallest absolute Gasteiger partial charge is 0.233 e. The molecule has 0 aromatic heterocycles. The Bertz CT molecular complexity index is 502. The summed E-state index contributed by atoms with van der Waals surface area (Å²) in [4.78, 5) is 12.1. The standard InChI is InChI=1S/C19H30N2O2.ClH/c1-16-8-4-5-9-17(16)19(10-6-3-7-11-19)15-21-18(22)14-20-12-13-23-2;/h4-5,8-9,20H,3,6-7,10-15H2,1-2H3,(H,21,22);1H. The normalized spacial score (nSPS) is 16.2. The molecule has 2 rings (SSSR count). The summed E-state index contributed by atoms with van der Waals surface area (Å²) < 4.78 is 4.97. The van der Waals surface area contributed by atoms with Crippen molar-refractivity contribution in [3.05, 3.63) is 35.4 Å². The molecule has 1 aliphatic carbocycles. The van der Waals surface area contributed by atoms with Crippen LogP contribution in [-0.4, -0.2) is 39.3 Å². The first-order valence-electron chi connectivity index (χ1n) is 8.70. The number of carbonyl (C=O) groups is 1. The van der Waals surface area contributed by atoms with E-state index in [2.05, 4.69) is 41.8 Å². The summed E-state index contributed by atoms with van der Waals surface area (Å²) in [7, 11) is 1.66. The van der Waals surface area contributed by atoms with Crippen LogP contribution in [0.1, 0.15) is 43.2 Å². The van der Waals surface area contributed by atoms with Crippen LogP contribution in [0.3, 0.4) is 0 Å². The predicted octanol–water partition coefficient (Wildman–Crippen LogP) is 2.97. The van der Waals surface area contributed by atoms with Crippen molar-refractivity contribution in [3.8, 4) is 0 Å². The minimum absolute atomic E-state index is 0. The summed E-state index contributed by atoms with van der Waals surface area (Å²) >= 11 is 0. The number of rotatable bonds is 8. The van der Waals surface area contributed by atoms with Gasteiger partial charge in [0.2, 0.25) is 5.91 Å². The largest absolute Gasteiger partial charge is 0.383 e. The fraction of sp³-hybridized carbons (Fsp3) is 0.632. The Morgan fingerprint density at radius 1 is 1.21 bits per heavy atom. The molecule has 1 aliphatic rings. The predicted molar refractivity (Wildman–Crippen MR) is 101 cm³/mol. The monoisotopic (exact) mass is 354 g/mol. The summed E-state index contributed by atoms with van der Waals surface area (Å²) in [6.07, 6.45) is 6.12. The molecular formula is C19H31ClN2O2. The number of amides is 1. The highest BCUT2D eigenvalue weighted by molar-refractivity contribution is 5.85. The highest BCUT2D eigenvalue weighted by Crippen LogP contribution is 2.40. The maximum atomic E-state index is 12.1. The van der Waals surface area contributed by atoms with Crippen LogP contribution in [0.2, 0.25) is 0 Å². The molecule has 5 heteroatoms. The Morgan fingerprint density at radius 3 is 2.58 bits per heavy atom.